The molecule has 3 N–H and O–H groups in total. The summed E-state index contributed by atoms with van der Waals surface area (Å²) >= 11 is 0. The molecular weight excluding hydrogens is 480 g/mol. The number of rotatable bonds is 11. The number of hydrogen-bond donors (Lipinski definition) is 3. The molecule has 0 aromatic heterocycles. The first kappa shape index (κ1) is 27.0. The number of aliphatic hydroxyl groups is 1. The topological polar surface area (TPSA) is 90.9 Å². The number of para-hydroxylation sites is 1. The molecule has 2 aliphatic heterocycles. The van der Waals surface area contributed by atoms with Gasteiger partial charge in [0.25, 0.3) is 0 Å². The molecule has 200 valence electrons. The number of likely N-dealkylation sites (tertiary alicyclic amines) is 1. The van der Waals surface area contributed by atoms with E-state index in [1.54, 1.807) is 4.90 Å². The Hall–Kier alpha value is -3.04. The average molecular weight is 516 g/mol. The average Bonchev–Trinajstić information content (AvgIpc) is 3.48. The molecule has 37 heavy (non-hydrogen) atoms. The zero-order chi connectivity index (χ0) is 26.4. The van der Waals surface area contributed by atoms with Crippen molar-refractivity contribution in [2.24, 2.45) is 5.92 Å². The molecule has 2 amide bonds. The molecule has 0 saturated carbocycles. The van der Waals surface area contributed by atoms with Crippen molar-refractivity contribution >= 4 is 11.8 Å². The summed E-state index contributed by atoms with van der Waals surface area (Å²) in [5, 5.41) is 17.5. The smallest absolute Gasteiger partial charge is 0.225 e. The highest BCUT2D eigenvalue weighted by molar-refractivity contribution is 5.89. The molecule has 1 unspecified atom stereocenters. The fourth-order valence-electron chi connectivity index (χ4n) is 5.11. The highest BCUT2D eigenvalue weighted by atomic mass is 19.1. The minimum absolute atomic E-state index is 0.0319. The number of benzene rings is 2. The minimum atomic E-state index is -1.05. The fraction of sp³-hybridized carbons (Fsp3) is 0.500. The maximum Gasteiger partial charge on any atom is 0.225 e. The molecule has 9 heteroatoms. The fourth-order valence-corrected chi connectivity index (χ4v) is 5.11. The van der Waals surface area contributed by atoms with Crippen LogP contribution >= 0.6 is 0 Å². The maximum atomic E-state index is 13.9. The highest BCUT2D eigenvalue weighted by Crippen LogP contribution is 2.23. The van der Waals surface area contributed by atoms with Gasteiger partial charge in [-0.05, 0) is 42.7 Å². The molecule has 2 saturated heterocycles. The SMILES string of the molecule is CCCCN1CC(C(=O)N[C@@H](Cc2cc(F)cc(F)c2)[C@H](O)[C@H]2C[C@@H](Oc3ccccc3)CN2)CC1=O. The Labute approximate surface area is 216 Å². The van der Waals surface area contributed by atoms with Crippen LogP contribution in [0.3, 0.4) is 0 Å². The maximum absolute atomic E-state index is 13.9. The lowest BCUT2D eigenvalue weighted by atomic mass is 9.94. The van der Waals surface area contributed by atoms with Gasteiger partial charge >= 0.3 is 0 Å². The van der Waals surface area contributed by atoms with Gasteiger partial charge in [-0.15, -0.1) is 0 Å². The predicted molar refractivity (Wildman–Crippen MR) is 135 cm³/mol. The Bertz CT molecular complexity index is 1050. The Kier molecular flexibility index (Phi) is 9.10. The van der Waals surface area contributed by atoms with Gasteiger partial charge in [0.15, 0.2) is 0 Å². The number of ether oxygens (including phenoxy) is 1. The van der Waals surface area contributed by atoms with Crippen LogP contribution < -0.4 is 15.4 Å². The molecule has 0 radical (unpaired) electrons. The van der Waals surface area contributed by atoms with Crippen LogP contribution in [0.2, 0.25) is 0 Å². The lowest BCUT2D eigenvalue weighted by molar-refractivity contribution is -0.129. The monoisotopic (exact) mass is 515 g/mol. The van der Waals surface area contributed by atoms with Crippen molar-refractivity contribution in [2.45, 2.75) is 63.3 Å². The molecule has 2 aromatic rings. The minimum Gasteiger partial charge on any atom is -0.489 e. The molecule has 4 rings (SSSR count). The zero-order valence-electron chi connectivity index (χ0n) is 21.0. The van der Waals surface area contributed by atoms with Crippen molar-refractivity contribution in [3.63, 3.8) is 0 Å². The van der Waals surface area contributed by atoms with Gasteiger partial charge in [-0.1, -0.05) is 31.5 Å². The largest absolute Gasteiger partial charge is 0.489 e. The van der Waals surface area contributed by atoms with Crippen molar-refractivity contribution < 1.29 is 28.2 Å². The van der Waals surface area contributed by atoms with E-state index < -0.39 is 35.7 Å². The second-order valence-electron chi connectivity index (χ2n) is 9.99. The molecule has 2 aliphatic rings. The summed E-state index contributed by atoms with van der Waals surface area (Å²) in [7, 11) is 0. The third kappa shape index (κ3) is 7.26. The third-order valence-electron chi connectivity index (χ3n) is 7.07. The summed E-state index contributed by atoms with van der Waals surface area (Å²) in [5.74, 6) is -1.66. The zero-order valence-corrected chi connectivity index (χ0v) is 21.0. The van der Waals surface area contributed by atoms with Crippen molar-refractivity contribution in [3.8, 4) is 5.75 Å². The summed E-state index contributed by atoms with van der Waals surface area (Å²) in [6.45, 7) is 3.49. The Balaban J connectivity index is 1.44. The van der Waals surface area contributed by atoms with Crippen LogP contribution in [0, 0.1) is 17.6 Å². The van der Waals surface area contributed by atoms with Crippen LogP contribution in [0.4, 0.5) is 8.78 Å². The Morgan fingerprint density at radius 2 is 1.95 bits per heavy atom. The van der Waals surface area contributed by atoms with Crippen LogP contribution in [-0.2, 0) is 16.0 Å². The van der Waals surface area contributed by atoms with Gasteiger partial charge in [0.1, 0.15) is 23.5 Å². The number of carbonyl (C=O) groups is 2. The number of amides is 2. The van der Waals surface area contributed by atoms with Gasteiger partial charge in [-0.3, -0.25) is 9.59 Å². The summed E-state index contributed by atoms with van der Waals surface area (Å²) in [5.41, 5.74) is 0.323. The van der Waals surface area contributed by atoms with Gasteiger partial charge in [-0.2, -0.15) is 0 Å². The van der Waals surface area contributed by atoms with E-state index in [-0.39, 0.29) is 30.8 Å². The lowest BCUT2D eigenvalue weighted by Crippen LogP contribution is -2.53. The first-order valence-electron chi connectivity index (χ1n) is 13.0. The Morgan fingerprint density at radius 1 is 1.22 bits per heavy atom. The van der Waals surface area contributed by atoms with E-state index in [0.717, 1.165) is 24.7 Å². The quantitative estimate of drug-likeness (QED) is 0.428. The number of halogens is 2. The van der Waals surface area contributed by atoms with E-state index >= 15 is 0 Å². The number of carbonyl (C=O) groups excluding carboxylic acids is 2. The first-order chi connectivity index (χ1) is 17.8. The summed E-state index contributed by atoms with van der Waals surface area (Å²) in [6, 6.07) is 11.3. The van der Waals surface area contributed by atoms with Gasteiger partial charge < -0.3 is 25.4 Å². The molecule has 0 aliphatic carbocycles. The van der Waals surface area contributed by atoms with Crippen LogP contribution in [0.15, 0.2) is 48.5 Å². The van der Waals surface area contributed by atoms with Crippen molar-refractivity contribution in [1.82, 2.24) is 15.5 Å². The van der Waals surface area contributed by atoms with E-state index in [0.29, 0.717) is 31.6 Å². The lowest BCUT2D eigenvalue weighted by Gasteiger charge is -2.29. The number of hydrogen-bond acceptors (Lipinski definition) is 5. The van der Waals surface area contributed by atoms with E-state index in [9.17, 15) is 23.5 Å². The van der Waals surface area contributed by atoms with Crippen LogP contribution in [-0.4, -0.2) is 65.7 Å². The summed E-state index contributed by atoms with van der Waals surface area (Å²) < 4.78 is 33.7. The standard InChI is InChI=1S/C28H35F2N3O4/c1-2-3-9-33-17-19(13-26(33)34)28(36)32-25(12-18-10-20(29)14-21(30)11-18)27(35)24-15-23(16-31-24)37-22-7-5-4-6-8-22/h4-8,10-11,14,19,23-25,27,31,35H,2-3,9,12-13,15-17H2,1H3,(H,32,36)/t19?,23-,24-,25+,27-/m1/s1. The van der Waals surface area contributed by atoms with Crippen LogP contribution in [0.25, 0.3) is 0 Å². The van der Waals surface area contributed by atoms with Crippen molar-refractivity contribution in [3.05, 3.63) is 65.7 Å². The normalized spacial score (nSPS) is 23.2. The molecule has 2 heterocycles. The van der Waals surface area contributed by atoms with Gasteiger partial charge in [-0.25, -0.2) is 8.78 Å². The van der Waals surface area contributed by atoms with Crippen LogP contribution in [0.1, 0.15) is 38.2 Å². The molecule has 2 aromatic carbocycles. The molecule has 0 spiro atoms. The first-order valence-corrected chi connectivity index (χ1v) is 13.0. The van der Waals surface area contributed by atoms with E-state index in [1.165, 1.54) is 12.1 Å². The predicted octanol–water partition coefficient (Wildman–Crippen LogP) is 2.81. The summed E-state index contributed by atoms with van der Waals surface area (Å²) in [4.78, 5) is 27.2. The van der Waals surface area contributed by atoms with Crippen molar-refractivity contribution in [2.75, 3.05) is 19.6 Å². The van der Waals surface area contributed by atoms with Crippen LogP contribution in [0.5, 0.6) is 5.75 Å². The number of nitrogens with one attached hydrogen (secondary N) is 2. The van der Waals surface area contributed by atoms with Gasteiger partial charge in [0.05, 0.1) is 18.1 Å². The van der Waals surface area contributed by atoms with E-state index in [1.807, 2.05) is 37.3 Å². The Morgan fingerprint density at radius 3 is 2.65 bits per heavy atom. The second kappa shape index (κ2) is 12.5. The van der Waals surface area contributed by atoms with E-state index in [2.05, 4.69) is 10.6 Å². The molecular formula is C28H35F2N3O4. The molecule has 5 atom stereocenters. The van der Waals surface area contributed by atoms with Crippen molar-refractivity contribution in [1.29, 1.82) is 0 Å². The van der Waals surface area contributed by atoms with Gasteiger partial charge in [0.2, 0.25) is 11.8 Å². The highest BCUT2D eigenvalue weighted by Gasteiger charge is 2.39. The number of nitrogens with zero attached hydrogens (tertiary/aromatic N) is 1. The molecule has 0 bridgehead atoms. The number of unbranched alkanes of at least 4 members (excludes halogenated alkanes) is 1. The number of aliphatic hydroxyl groups excluding tert-OH is 1. The third-order valence-corrected chi connectivity index (χ3v) is 7.07. The van der Waals surface area contributed by atoms with E-state index in [4.69, 9.17) is 4.74 Å². The second-order valence-corrected chi connectivity index (χ2v) is 9.99. The molecule has 7 nitrogen and oxygen atoms in total. The summed E-state index contributed by atoms with van der Waals surface area (Å²) in [6.07, 6.45) is 1.23. The van der Waals surface area contributed by atoms with Gasteiger partial charge in [0, 0.05) is 44.6 Å². The molecule has 2 fully saturated rings.